The van der Waals surface area contributed by atoms with Crippen LogP contribution in [0.25, 0.3) is 6.08 Å². The molecule has 188 valence electrons. The van der Waals surface area contributed by atoms with Gasteiger partial charge in [-0.25, -0.2) is 0 Å². The van der Waals surface area contributed by atoms with E-state index in [1.165, 1.54) is 6.08 Å². The van der Waals surface area contributed by atoms with Crippen LogP contribution in [0.1, 0.15) is 32.6 Å². The molecular formula is C32H30O5. The highest BCUT2D eigenvalue weighted by atomic mass is 16.5. The molecule has 4 aromatic carbocycles. The van der Waals surface area contributed by atoms with Gasteiger partial charge in [0.1, 0.15) is 36.2 Å². The fourth-order valence-corrected chi connectivity index (χ4v) is 3.96. The van der Waals surface area contributed by atoms with Crippen molar-refractivity contribution in [2.45, 2.75) is 20.1 Å². The summed E-state index contributed by atoms with van der Waals surface area (Å²) < 4.78 is 23.0. The summed E-state index contributed by atoms with van der Waals surface area (Å²) in [6.45, 7) is 2.67. The van der Waals surface area contributed by atoms with Gasteiger partial charge in [0.15, 0.2) is 5.78 Å². The Labute approximate surface area is 217 Å². The lowest BCUT2D eigenvalue weighted by atomic mass is 10.0. The molecule has 0 radical (unpaired) electrons. The normalized spacial score (nSPS) is 10.8. The van der Waals surface area contributed by atoms with Crippen molar-refractivity contribution in [2.75, 3.05) is 14.2 Å². The van der Waals surface area contributed by atoms with Crippen LogP contribution in [-0.4, -0.2) is 20.0 Å². The molecule has 4 rings (SSSR count). The molecule has 0 fully saturated rings. The average molecular weight is 495 g/mol. The van der Waals surface area contributed by atoms with Gasteiger partial charge in [-0.1, -0.05) is 60.7 Å². The monoisotopic (exact) mass is 494 g/mol. The van der Waals surface area contributed by atoms with E-state index in [2.05, 4.69) is 0 Å². The fraction of sp³-hybridized carbons (Fsp3) is 0.156. The molecule has 0 unspecified atom stereocenters. The summed E-state index contributed by atoms with van der Waals surface area (Å²) in [4.78, 5) is 13.3. The quantitative estimate of drug-likeness (QED) is 0.165. The van der Waals surface area contributed by atoms with Crippen molar-refractivity contribution in [3.8, 4) is 23.0 Å². The highest BCUT2D eigenvalue weighted by molar-refractivity contribution is 6.09. The van der Waals surface area contributed by atoms with Gasteiger partial charge >= 0.3 is 0 Å². The standard InChI is InChI=1S/C32H30O5/c1-23-30(34-2)19-15-26(32(23)35-3)14-18-29(33)28-17-16-27(36-21-24-10-6-4-7-11-24)20-31(28)37-22-25-12-8-5-9-13-25/h4-20H,21-22H2,1-3H3. The van der Waals surface area contributed by atoms with Crippen LogP contribution in [0.15, 0.2) is 97.1 Å². The van der Waals surface area contributed by atoms with E-state index in [1.807, 2.05) is 79.7 Å². The van der Waals surface area contributed by atoms with Crippen LogP contribution < -0.4 is 18.9 Å². The summed E-state index contributed by atoms with van der Waals surface area (Å²) in [7, 11) is 3.22. The summed E-state index contributed by atoms with van der Waals surface area (Å²) in [5.41, 5.74) is 4.16. The third-order valence-corrected chi connectivity index (χ3v) is 5.93. The third-order valence-electron chi connectivity index (χ3n) is 5.93. The maximum absolute atomic E-state index is 13.3. The van der Waals surface area contributed by atoms with Crippen LogP contribution in [-0.2, 0) is 13.2 Å². The molecule has 0 spiro atoms. The second kappa shape index (κ2) is 12.5. The van der Waals surface area contributed by atoms with Gasteiger partial charge in [-0.15, -0.1) is 0 Å². The number of benzene rings is 4. The van der Waals surface area contributed by atoms with Crippen molar-refractivity contribution >= 4 is 11.9 Å². The molecule has 0 amide bonds. The zero-order chi connectivity index (χ0) is 26.0. The topological polar surface area (TPSA) is 54.0 Å². The lowest BCUT2D eigenvalue weighted by molar-refractivity contribution is 0.104. The first kappa shape index (κ1) is 25.6. The Morgan fingerprint density at radius 1 is 0.730 bits per heavy atom. The number of methoxy groups -OCH3 is 2. The number of hydrogen-bond donors (Lipinski definition) is 0. The van der Waals surface area contributed by atoms with E-state index in [4.69, 9.17) is 18.9 Å². The molecule has 0 aliphatic heterocycles. The number of hydrogen-bond acceptors (Lipinski definition) is 5. The molecule has 0 saturated carbocycles. The second-order valence-electron chi connectivity index (χ2n) is 8.42. The van der Waals surface area contributed by atoms with E-state index in [0.717, 1.165) is 28.0 Å². The molecule has 0 atom stereocenters. The maximum Gasteiger partial charge on any atom is 0.189 e. The van der Waals surface area contributed by atoms with Gasteiger partial charge in [-0.3, -0.25) is 4.79 Å². The second-order valence-corrected chi connectivity index (χ2v) is 8.42. The number of carbonyl (C=O) groups excluding carboxylic acids is 1. The van der Waals surface area contributed by atoms with Crippen molar-refractivity contribution in [1.29, 1.82) is 0 Å². The fourth-order valence-electron chi connectivity index (χ4n) is 3.96. The molecule has 5 heteroatoms. The molecule has 0 aromatic heterocycles. The first-order chi connectivity index (χ1) is 18.1. The highest BCUT2D eigenvalue weighted by Crippen LogP contribution is 2.33. The lowest BCUT2D eigenvalue weighted by Gasteiger charge is -2.14. The maximum atomic E-state index is 13.3. The van der Waals surface area contributed by atoms with Crippen molar-refractivity contribution in [2.24, 2.45) is 0 Å². The predicted molar refractivity (Wildman–Crippen MR) is 146 cm³/mol. The minimum Gasteiger partial charge on any atom is -0.496 e. The minimum atomic E-state index is -0.187. The first-order valence-corrected chi connectivity index (χ1v) is 12.0. The first-order valence-electron chi connectivity index (χ1n) is 12.0. The molecular weight excluding hydrogens is 464 g/mol. The number of ether oxygens (including phenoxy) is 4. The number of ketones is 1. The summed E-state index contributed by atoms with van der Waals surface area (Å²) in [6.07, 6.45) is 3.27. The van der Waals surface area contributed by atoms with E-state index < -0.39 is 0 Å². The summed E-state index contributed by atoms with van der Waals surface area (Å²) in [5, 5.41) is 0. The highest BCUT2D eigenvalue weighted by Gasteiger charge is 2.14. The van der Waals surface area contributed by atoms with Gasteiger partial charge in [0.05, 0.1) is 19.8 Å². The van der Waals surface area contributed by atoms with E-state index in [-0.39, 0.29) is 5.78 Å². The van der Waals surface area contributed by atoms with Crippen molar-refractivity contribution < 1.29 is 23.7 Å². The number of carbonyl (C=O) groups is 1. The summed E-state index contributed by atoms with van der Waals surface area (Å²) >= 11 is 0. The molecule has 0 aliphatic carbocycles. The van der Waals surface area contributed by atoms with E-state index in [0.29, 0.717) is 36.0 Å². The molecule has 0 heterocycles. The Hall–Kier alpha value is -4.51. The summed E-state index contributed by atoms with van der Waals surface area (Å²) in [5.74, 6) is 2.28. The Balaban J connectivity index is 1.58. The lowest BCUT2D eigenvalue weighted by Crippen LogP contribution is -2.04. The largest absolute Gasteiger partial charge is 0.496 e. The molecule has 0 bridgehead atoms. The smallest absolute Gasteiger partial charge is 0.189 e. The van der Waals surface area contributed by atoms with E-state index >= 15 is 0 Å². The SMILES string of the molecule is COc1ccc(C=CC(=O)c2ccc(OCc3ccccc3)cc2OCc2ccccc2)c(OC)c1C. The Morgan fingerprint density at radius 3 is 2.00 bits per heavy atom. The van der Waals surface area contributed by atoms with Crippen molar-refractivity contribution in [1.82, 2.24) is 0 Å². The molecule has 0 saturated heterocycles. The van der Waals surface area contributed by atoms with Crippen LogP contribution in [0.3, 0.4) is 0 Å². The molecule has 5 nitrogen and oxygen atoms in total. The number of rotatable bonds is 11. The van der Waals surface area contributed by atoms with Gasteiger partial charge in [-0.05, 0) is 54.5 Å². The predicted octanol–water partition coefficient (Wildman–Crippen LogP) is 7.07. The van der Waals surface area contributed by atoms with Crippen LogP contribution in [0.5, 0.6) is 23.0 Å². The van der Waals surface area contributed by atoms with Crippen LogP contribution in [0.4, 0.5) is 0 Å². The Morgan fingerprint density at radius 2 is 1.38 bits per heavy atom. The van der Waals surface area contributed by atoms with E-state index in [9.17, 15) is 4.79 Å². The van der Waals surface area contributed by atoms with Crippen LogP contribution in [0.2, 0.25) is 0 Å². The zero-order valence-corrected chi connectivity index (χ0v) is 21.3. The van der Waals surface area contributed by atoms with Gasteiger partial charge < -0.3 is 18.9 Å². The van der Waals surface area contributed by atoms with Crippen molar-refractivity contribution in [3.63, 3.8) is 0 Å². The van der Waals surface area contributed by atoms with Gasteiger partial charge in [0, 0.05) is 17.2 Å². The molecule has 0 N–H and O–H groups in total. The Bertz CT molecular complexity index is 1360. The molecule has 0 aliphatic rings. The minimum absolute atomic E-state index is 0.187. The molecule has 4 aromatic rings. The number of allylic oxidation sites excluding steroid dienone is 1. The van der Waals surface area contributed by atoms with Crippen LogP contribution in [0, 0.1) is 6.92 Å². The van der Waals surface area contributed by atoms with E-state index in [1.54, 1.807) is 38.5 Å². The molecule has 37 heavy (non-hydrogen) atoms. The zero-order valence-electron chi connectivity index (χ0n) is 21.3. The third kappa shape index (κ3) is 6.58. The van der Waals surface area contributed by atoms with Crippen molar-refractivity contribution in [3.05, 3.63) is 125 Å². The Kier molecular flexibility index (Phi) is 8.61. The van der Waals surface area contributed by atoms with Crippen LogP contribution >= 0.6 is 0 Å². The van der Waals surface area contributed by atoms with Gasteiger partial charge in [-0.2, -0.15) is 0 Å². The van der Waals surface area contributed by atoms with Gasteiger partial charge in [0.2, 0.25) is 0 Å². The summed E-state index contributed by atoms with van der Waals surface area (Å²) in [6, 6.07) is 28.8. The van der Waals surface area contributed by atoms with Gasteiger partial charge in [0.25, 0.3) is 0 Å². The average Bonchev–Trinajstić information content (AvgIpc) is 2.95.